The predicted octanol–water partition coefficient (Wildman–Crippen LogP) is 6.75. The van der Waals surface area contributed by atoms with E-state index in [4.69, 9.17) is 13.1 Å². The van der Waals surface area contributed by atoms with Crippen LogP contribution < -0.4 is 10.4 Å². The van der Waals surface area contributed by atoms with Gasteiger partial charge in [0.1, 0.15) is 71.3 Å². The van der Waals surface area contributed by atoms with E-state index < -0.39 is 115 Å². The number of fused-ring (bicyclic) bond motifs is 2. The Morgan fingerprint density at radius 1 is 0.711 bits per heavy atom. The van der Waals surface area contributed by atoms with Crippen molar-refractivity contribution >= 4 is 11.1 Å². The lowest BCUT2D eigenvalue weighted by Gasteiger charge is -2.13. The second kappa shape index (κ2) is 10.7. The van der Waals surface area contributed by atoms with Crippen molar-refractivity contribution in [3.63, 3.8) is 0 Å². The molecule has 0 N–H and O–H groups in total. The fourth-order valence-corrected chi connectivity index (χ4v) is 5.61. The van der Waals surface area contributed by atoms with Gasteiger partial charge in [-0.2, -0.15) is 33.4 Å². The lowest BCUT2D eigenvalue weighted by Crippen LogP contribution is -2.27. The molecule has 0 bridgehead atoms. The van der Waals surface area contributed by atoms with Crippen LogP contribution in [0.5, 0.6) is 0 Å². The Bertz CT molecular complexity index is 2190. The normalized spacial score (nSPS) is 13.6. The van der Waals surface area contributed by atoms with E-state index in [9.17, 15) is 41.3 Å². The summed E-state index contributed by atoms with van der Waals surface area (Å²) in [7, 11) is 0. The summed E-state index contributed by atoms with van der Waals surface area (Å²) in [5.41, 5.74) is -7.34. The minimum Gasteiger partial charge on any atom is -0.207 e. The van der Waals surface area contributed by atoms with Gasteiger partial charge in [-0.05, 0) is 59.0 Å². The van der Waals surface area contributed by atoms with Crippen molar-refractivity contribution in [3.8, 4) is 12.1 Å². The minimum atomic E-state index is -5.46. The Morgan fingerprint density at radius 3 is 1.51 bits per heavy atom. The first-order chi connectivity index (χ1) is 21.2. The van der Waals surface area contributed by atoms with E-state index in [1.165, 1.54) is 12.1 Å². The molecule has 0 aromatic heterocycles. The molecule has 0 aliphatic heterocycles. The quantitative estimate of drug-likeness (QED) is 0.180. The zero-order valence-corrected chi connectivity index (χ0v) is 22.4. The monoisotopic (exact) mass is 622 g/mol. The van der Waals surface area contributed by atoms with Crippen LogP contribution in [0.15, 0.2) is 46.8 Å². The van der Waals surface area contributed by atoms with Gasteiger partial charge in [-0.15, -0.1) is 0 Å². The number of hydrogen-bond donors (Lipinski definition) is 0. The van der Waals surface area contributed by atoms with Crippen LogP contribution in [-0.4, -0.2) is 0 Å². The largest absolute Gasteiger partial charge is 0.523 e. The summed E-state index contributed by atoms with van der Waals surface area (Å²) < 4.78 is 132. The number of rotatable bonds is 2. The molecule has 3 aromatic carbocycles. The Morgan fingerprint density at radius 2 is 1.11 bits per heavy atom. The van der Waals surface area contributed by atoms with Crippen LogP contribution >= 0.6 is 0 Å². The first kappa shape index (κ1) is 30.7. The number of benzene rings is 3. The van der Waals surface area contributed by atoms with Gasteiger partial charge in [0.25, 0.3) is 0 Å². The highest BCUT2D eigenvalue weighted by Crippen LogP contribution is 2.40. The van der Waals surface area contributed by atoms with Gasteiger partial charge in [-0.25, -0.2) is 26.3 Å². The number of nitriles is 2. The average molecular weight is 622 g/mol. The van der Waals surface area contributed by atoms with Gasteiger partial charge in [0.15, 0.2) is 0 Å². The fraction of sp³-hybridized carbons (Fsp3) is 0.125. The highest BCUT2D eigenvalue weighted by Gasteiger charge is 2.40. The van der Waals surface area contributed by atoms with E-state index in [0.717, 1.165) is 19.1 Å². The molecule has 0 radical (unpaired) electrons. The van der Waals surface area contributed by atoms with E-state index in [1.807, 2.05) is 0 Å². The van der Waals surface area contributed by atoms with Crippen LogP contribution in [-0.2, 0) is 19.0 Å². The summed E-state index contributed by atoms with van der Waals surface area (Å²) in [6, 6.07) is 5.04. The molecule has 2 aliphatic carbocycles. The van der Waals surface area contributed by atoms with E-state index in [-0.39, 0.29) is 28.8 Å². The maximum absolute atomic E-state index is 16.6. The molecule has 0 fully saturated rings. The van der Waals surface area contributed by atoms with Gasteiger partial charge < -0.3 is 0 Å². The van der Waals surface area contributed by atoms with Crippen molar-refractivity contribution in [1.29, 1.82) is 10.5 Å². The van der Waals surface area contributed by atoms with Gasteiger partial charge in [-0.1, -0.05) is 0 Å². The SMILES string of the molecule is [C-]#[N+]C([N+]#[C-])=C1Cc2c(F)c3c(c(F)c2=C1c1cc(F)c(C)c(F)c1)CC(=C(C#N)C#N)C=3c1cc(F)c(C(F)(F)F)c(F)c1. The number of nitrogens with zero attached hydrogens (tertiary/aromatic N) is 4. The Hall–Kier alpha value is -5.79. The van der Waals surface area contributed by atoms with E-state index in [0.29, 0.717) is 0 Å². The molecule has 4 nitrogen and oxygen atoms in total. The van der Waals surface area contributed by atoms with Gasteiger partial charge in [0.2, 0.25) is 0 Å². The maximum Gasteiger partial charge on any atom is 0.523 e. The number of hydrogen-bond acceptors (Lipinski definition) is 2. The van der Waals surface area contributed by atoms with Crippen molar-refractivity contribution in [2.24, 2.45) is 0 Å². The molecule has 45 heavy (non-hydrogen) atoms. The molecule has 13 heteroatoms. The third-order valence-electron chi connectivity index (χ3n) is 7.57. The van der Waals surface area contributed by atoms with Crippen LogP contribution in [0.25, 0.3) is 20.8 Å². The first-order valence-electron chi connectivity index (χ1n) is 12.5. The molecular weight excluding hydrogens is 611 g/mol. The first-order valence-corrected chi connectivity index (χ1v) is 12.5. The average Bonchev–Trinajstić information content (AvgIpc) is 3.56. The Kier molecular flexibility index (Phi) is 7.31. The summed E-state index contributed by atoms with van der Waals surface area (Å²) in [6.07, 6.45) is -6.87. The molecule has 0 saturated carbocycles. The summed E-state index contributed by atoms with van der Waals surface area (Å²) in [4.78, 5) is 6.16. The molecule has 5 rings (SSSR count). The molecule has 0 unspecified atom stereocenters. The number of halogens is 9. The smallest absolute Gasteiger partial charge is 0.207 e. The lowest BCUT2D eigenvalue weighted by atomic mass is 9.94. The second-order valence-corrected chi connectivity index (χ2v) is 9.92. The van der Waals surface area contributed by atoms with Crippen LogP contribution in [0.1, 0.15) is 33.4 Å². The standard InChI is InChI=1S/C32H11F9N4/c1-12-20(33)4-13(5-21(12)34)25-19(31(44-2)45-3)9-18-27(25)29(37)17-8-16(15(10-42)11-43)24(26(17)30(18)38)14-6-22(35)28(23(36)7-14)32(39,40)41/h4-7H,8-9H2,1H3. The van der Waals surface area contributed by atoms with Gasteiger partial charge in [-0.3, -0.25) is 0 Å². The topological polar surface area (TPSA) is 56.3 Å². The van der Waals surface area contributed by atoms with Gasteiger partial charge in [0, 0.05) is 40.0 Å². The summed E-state index contributed by atoms with van der Waals surface area (Å²) in [6.45, 7) is 15.9. The summed E-state index contributed by atoms with van der Waals surface area (Å²) in [5.74, 6) is -9.58. The van der Waals surface area contributed by atoms with Crippen molar-refractivity contribution in [3.05, 3.63) is 148 Å². The highest BCUT2D eigenvalue weighted by molar-refractivity contribution is 5.89. The minimum absolute atomic E-state index is 0.212. The second-order valence-electron chi connectivity index (χ2n) is 9.92. The number of allylic oxidation sites excluding steroid dienone is 3. The van der Waals surface area contributed by atoms with Crippen LogP contribution in [0, 0.1) is 77.6 Å². The van der Waals surface area contributed by atoms with Gasteiger partial charge in [0.05, 0.1) is 5.57 Å². The molecular formula is C32H11F9N4. The van der Waals surface area contributed by atoms with Crippen LogP contribution in [0.4, 0.5) is 39.5 Å². The third kappa shape index (κ3) is 4.61. The van der Waals surface area contributed by atoms with Crippen molar-refractivity contribution in [1.82, 2.24) is 0 Å². The van der Waals surface area contributed by atoms with E-state index in [2.05, 4.69) is 9.69 Å². The molecule has 3 aromatic rings. The zero-order chi connectivity index (χ0) is 33.1. The van der Waals surface area contributed by atoms with E-state index >= 15 is 8.78 Å². The van der Waals surface area contributed by atoms with Crippen molar-refractivity contribution in [2.75, 3.05) is 0 Å². The molecule has 0 atom stereocenters. The summed E-state index contributed by atoms with van der Waals surface area (Å²) in [5, 5.41) is 17.8. The molecule has 0 amide bonds. The lowest BCUT2D eigenvalue weighted by molar-refractivity contribution is -0.142. The van der Waals surface area contributed by atoms with Crippen LogP contribution in [0.2, 0.25) is 0 Å². The molecule has 222 valence electrons. The van der Waals surface area contributed by atoms with E-state index in [1.54, 1.807) is 0 Å². The molecule has 0 saturated heterocycles. The zero-order valence-electron chi connectivity index (χ0n) is 22.4. The van der Waals surface area contributed by atoms with Gasteiger partial charge >= 0.3 is 12.0 Å². The molecule has 2 aliphatic rings. The Balaban J connectivity index is 2.01. The Labute approximate surface area is 247 Å². The predicted molar refractivity (Wildman–Crippen MR) is 139 cm³/mol. The van der Waals surface area contributed by atoms with Crippen LogP contribution in [0.3, 0.4) is 0 Å². The highest BCUT2D eigenvalue weighted by atomic mass is 19.4. The van der Waals surface area contributed by atoms with Crippen molar-refractivity contribution in [2.45, 2.75) is 25.9 Å². The third-order valence-corrected chi connectivity index (χ3v) is 7.57. The maximum atomic E-state index is 16.6. The summed E-state index contributed by atoms with van der Waals surface area (Å²) >= 11 is 0. The van der Waals surface area contributed by atoms with Crippen molar-refractivity contribution < 1.29 is 39.5 Å². The molecule has 0 spiro atoms. The molecule has 0 heterocycles. The number of alkyl halides is 3. The fourth-order valence-electron chi connectivity index (χ4n) is 5.61.